The van der Waals surface area contributed by atoms with Gasteiger partial charge < -0.3 is 5.32 Å². The van der Waals surface area contributed by atoms with Crippen molar-refractivity contribution in [2.75, 3.05) is 22.9 Å². The summed E-state index contributed by atoms with van der Waals surface area (Å²) in [4.78, 5) is 16.4. The predicted octanol–water partition coefficient (Wildman–Crippen LogP) is 3.32. The second-order valence-electron chi connectivity index (χ2n) is 6.46. The van der Waals surface area contributed by atoms with Crippen molar-refractivity contribution in [1.82, 2.24) is 4.98 Å². The van der Waals surface area contributed by atoms with E-state index in [1.807, 2.05) is 36.4 Å². The zero-order chi connectivity index (χ0) is 20.1. The summed E-state index contributed by atoms with van der Waals surface area (Å²) in [6.07, 6.45) is 5.46. The van der Waals surface area contributed by atoms with E-state index in [4.69, 9.17) is 0 Å². The van der Waals surface area contributed by atoms with E-state index < -0.39 is 10.0 Å². The molecule has 1 aromatic heterocycles. The van der Waals surface area contributed by atoms with E-state index in [-0.39, 0.29) is 5.91 Å². The first-order chi connectivity index (χ1) is 13.3. The van der Waals surface area contributed by atoms with Gasteiger partial charge in [0, 0.05) is 30.7 Å². The molecule has 0 saturated carbocycles. The molecule has 0 radical (unpaired) electrons. The highest BCUT2D eigenvalue weighted by atomic mass is 32.2. The minimum absolute atomic E-state index is 0.254. The van der Waals surface area contributed by atoms with Gasteiger partial charge in [0.25, 0.3) is 5.91 Å². The quantitative estimate of drug-likeness (QED) is 0.694. The molecule has 3 rings (SSSR count). The number of nitrogens with one attached hydrogen (secondary N) is 1. The number of pyridine rings is 1. The molecule has 0 aliphatic rings. The minimum Gasteiger partial charge on any atom is -0.322 e. The normalized spacial score (nSPS) is 11.1. The van der Waals surface area contributed by atoms with Gasteiger partial charge in [0.2, 0.25) is 10.0 Å². The Labute approximate surface area is 164 Å². The SMILES string of the molecule is CN(c1ccc(C(=O)Nc2ccc(Cc3ccncc3)cc2)cc1)S(C)(=O)=O. The predicted molar refractivity (Wildman–Crippen MR) is 111 cm³/mol. The van der Waals surface area contributed by atoms with Gasteiger partial charge in [-0.05, 0) is 66.1 Å². The Balaban J connectivity index is 1.64. The standard InChI is InChI=1S/C21H21N3O3S/c1-24(28(2,26)27)20-9-5-18(6-10-20)21(25)23-19-7-3-16(4-8-19)15-17-11-13-22-14-12-17/h3-14H,15H2,1-2H3,(H,23,25). The highest BCUT2D eigenvalue weighted by Crippen LogP contribution is 2.18. The van der Waals surface area contributed by atoms with Crippen LogP contribution in [0.3, 0.4) is 0 Å². The van der Waals surface area contributed by atoms with Gasteiger partial charge in [0.15, 0.2) is 0 Å². The van der Waals surface area contributed by atoms with Crippen LogP contribution in [0.1, 0.15) is 21.5 Å². The van der Waals surface area contributed by atoms with Crippen LogP contribution in [0, 0.1) is 0 Å². The Morgan fingerprint density at radius 3 is 2.07 bits per heavy atom. The van der Waals surface area contributed by atoms with Crippen LogP contribution in [0.25, 0.3) is 0 Å². The van der Waals surface area contributed by atoms with Crippen molar-refractivity contribution >= 4 is 27.3 Å². The first kappa shape index (κ1) is 19.6. The number of benzene rings is 2. The summed E-state index contributed by atoms with van der Waals surface area (Å²) in [6.45, 7) is 0. The van der Waals surface area contributed by atoms with Gasteiger partial charge in [-0.1, -0.05) is 12.1 Å². The molecular weight excluding hydrogens is 374 g/mol. The molecule has 7 heteroatoms. The number of anilines is 2. The third-order valence-electron chi connectivity index (χ3n) is 4.36. The van der Waals surface area contributed by atoms with E-state index in [2.05, 4.69) is 10.3 Å². The van der Waals surface area contributed by atoms with Crippen LogP contribution < -0.4 is 9.62 Å². The molecule has 0 aliphatic carbocycles. The maximum absolute atomic E-state index is 12.4. The van der Waals surface area contributed by atoms with Crippen LogP contribution in [0.2, 0.25) is 0 Å². The fourth-order valence-corrected chi connectivity index (χ4v) is 3.16. The van der Waals surface area contributed by atoms with E-state index >= 15 is 0 Å². The number of rotatable bonds is 6. The number of hydrogen-bond acceptors (Lipinski definition) is 4. The molecule has 28 heavy (non-hydrogen) atoms. The second-order valence-corrected chi connectivity index (χ2v) is 8.47. The molecule has 0 unspecified atom stereocenters. The molecule has 0 spiro atoms. The Hall–Kier alpha value is -3.19. The van der Waals surface area contributed by atoms with Crippen LogP contribution >= 0.6 is 0 Å². The summed E-state index contributed by atoms with van der Waals surface area (Å²) >= 11 is 0. The summed E-state index contributed by atoms with van der Waals surface area (Å²) in [5.41, 5.74) is 3.95. The van der Waals surface area contributed by atoms with Crippen LogP contribution in [-0.2, 0) is 16.4 Å². The molecule has 0 atom stereocenters. The van der Waals surface area contributed by atoms with Crippen LogP contribution in [0.5, 0.6) is 0 Å². The lowest BCUT2D eigenvalue weighted by molar-refractivity contribution is 0.102. The van der Waals surface area contributed by atoms with Gasteiger partial charge in [0.1, 0.15) is 0 Å². The summed E-state index contributed by atoms with van der Waals surface area (Å²) < 4.78 is 24.3. The molecule has 1 heterocycles. The Morgan fingerprint density at radius 2 is 1.50 bits per heavy atom. The van der Waals surface area contributed by atoms with Crippen molar-refractivity contribution in [2.24, 2.45) is 0 Å². The Kier molecular flexibility index (Phi) is 5.75. The van der Waals surface area contributed by atoms with Crippen molar-refractivity contribution in [2.45, 2.75) is 6.42 Å². The van der Waals surface area contributed by atoms with Crippen molar-refractivity contribution < 1.29 is 13.2 Å². The van der Waals surface area contributed by atoms with E-state index in [0.29, 0.717) is 16.9 Å². The average molecular weight is 395 g/mol. The van der Waals surface area contributed by atoms with Crippen LogP contribution in [-0.4, -0.2) is 32.6 Å². The second kappa shape index (κ2) is 8.22. The Morgan fingerprint density at radius 1 is 0.929 bits per heavy atom. The highest BCUT2D eigenvalue weighted by Gasteiger charge is 2.13. The number of carbonyl (C=O) groups excluding carboxylic acids is 1. The molecular formula is C21H21N3O3S. The highest BCUT2D eigenvalue weighted by molar-refractivity contribution is 7.92. The van der Waals surface area contributed by atoms with Crippen LogP contribution in [0.4, 0.5) is 11.4 Å². The van der Waals surface area contributed by atoms with Crippen molar-refractivity contribution in [1.29, 1.82) is 0 Å². The zero-order valence-corrected chi connectivity index (χ0v) is 16.5. The molecule has 144 valence electrons. The van der Waals surface area contributed by atoms with Crippen molar-refractivity contribution in [3.05, 3.63) is 89.7 Å². The fourth-order valence-electron chi connectivity index (χ4n) is 2.66. The zero-order valence-electron chi connectivity index (χ0n) is 15.7. The lowest BCUT2D eigenvalue weighted by Crippen LogP contribution is -2.24. The molecule has 0 bridgehead atoms. The number of amides is 1. The average Bonchev–Trinajstić information content (AvgIpc) is 2.69. The minimum atomic E-state index is -3.34. The van der Waals surface area contributed by atoms with Crippen molar-refractivity contribution in [3.8, 4) is 0 Å². The number of carbonyl (C=O) groups is 1. The molecule has 1 N–H and O–H groups in total. The van der Waals surface area contributed by atoms with Crippen LogP contribution in [0.15, 0.2) is 73.1 Å². The maximum atomic E-state index is 12.4. The van der Waals surface area contributed by atoms with Gasteiger partial charge in [-0.25, -0.2) is 8.42 Å². The van der Waals surface area contributed by atoms with E-state index in [1.165, 1.54) is 12.6 Å². The summed E-state index contributed by atoms with van der Waals surface area (Å²) in [5.74, 6) is -0.254. The number of nitrogens with zero attached hydrogens (tertiary/aromatic N) is 2. The molecule has 3 aromatic rings. The molecule has 0 aliphatic heterocycles. The molecule has 0 fully saturated rings. The fraction of sp³-hybridized carbons (Fsp3) is 0.143. The molecule has 2 aromatic carbocycles. The van der Waals surface area contributed by atoms with E-state index in [0.717, 1.165) is 22.5 Å². The maximum Gasteiger partial charge on any atom is 0.255 e. The number of sulfonamides is 1. The number of hydrogen-bond donors (Lipinski definition) is 1. The first-order valence-corrected chi connectivity index (χ1v) is 10.5. The lowest BCUT2D eigenvalue weighted by atomic mass is 10.1. The van der Waals surface area contributed by atoms with Gasteiger partial charge in [-0.15, -0.1) is 0 Å². The third kappa shape index (κ3) is 4.95. The smallest absolute Gasteiger partial charge is 0.255 e. The topological polar surface area (TPSA) is 79.4 Å². The molecule has 1 amide bonds. The van der Waals surface area contributed by atoms with Gasteiger partial charge in [0.05, 0.1) is 11.9 Å². The lowest BCUT2D eigenvalue weighted by Gasteiger charge is -2.16. The molecule has 6 nitrogen and oxygen atoms in total. The van der Waals surface area contributed by atoms with E-state index in [9.17, 15) is 13.2 Å². The summed E-state index contributed by atoms with van der Waals surface area (Å²) in [5, 5.41) is 2.85. The van der Waals surface area contributed by atoms with E-state index in [1.54, 1.807) is 36.7 Å². The van der Waals surface area contributed by atoms with Gasteiger partial charge in [-0.3, -0.25) is 14.1 Å². The number of aromatic nitrogens is 1. The Bertz CT molecular complexity index is 1050. The van der Waals surface area contributed by atoms with Gasteiger partial charge >= 0.3 is 0 Å². The summed E-state index contributed by atoms with van der Waals surface area (Å²) in [6, 6.07) is 18.0. The largest absolute Gasteiger partial charge is 0.322 e. The monoisotopic (exact) mass is 395 g/mol. The van der Waals surface area contributed by atoms with Gasteiger partial charge in [-0.2, -0.15) is 0 Å². The van der Waals surface area contributed by atoms with Crippen molar-refractivity contribution in [3.63, 3.8) is 0 Å². The first-order valence-electron chi connectivity index (χ1n) is 8.66. The summed E-state index contributed by atoms with van der Waals surface area (Å²) in [7, 11) is -1.86. The molecule has 0 saturated heterocycles. The third-order valence-corrected chi connectivity index (χ3v) is 5.57.